The summed E-state index contributed by atoms with van der Waals surface area (Å²) in [5, 5.41) is 8.57. The number of nitrogens with one attached hydrogen (secondary N) is 3. The lowest BCUT2D eigenvalue weighted by Gasteiger charge is -2.39. The standard InChI is InChI=1S/C37H58N8O6/c1-26-38-30(40-32(47)44-24-22-43(23-25-44)31(46)37(8,9)41-34(49)51-36(5,6)7)17-21-45(26)29-12-10-27(11-13-29)14-18-42-19-15-28(16-20-42)39-33(48)50-35(2,3)4/h10-13,17,21,26,28H,14-16,18-20,22-25H2,1-9H3,(H,39,48)(H,41,49)(H,38,40,47). The number of carbonyl (C=O) groups excluding carboxylic acids is 4. The Balaban J connectivity index is 1.18. The molecule has 0 radical (unpaired) electrons. The van der Waals surface area contributed by atoms with Crippen molar-refractivity contribution in [2.24, 2.45) is 4.99 Å². The van der Waals surface area contributed by atoms with E-state index in [-0.39, 0.29) is 30.2 Å². The number of piperidine rings is 1. The summed E-state index contributed by atoms with van der Waals surface area (Å²) < 4.78 is 10.7. The average molecular weight is 711 g/mol. The first-order chi connectivity index (χ1) is 23.8. The Morgan fingerprint density at radius 1 is 0.804 bits per heavy atom. The number of rotatable bonds is 7. The summed E-state index contributed by atoms with van der Waals surface area (Å²) >= 11 is 0. The van der Waals surface area contributed by atoms with Crippen molar-refractivity contribution in [1.29, 1.82) is 0 Å². The van der Waals surface area contributed by atoms with Gasteiger partial charge in [0.2, 0.25) is 5.91 Å². The Hall–Kier alpha value is -4.33. The number of ether oxygens (including phenoxy) is 2. The van der Waals surface area contributed by atoms with Crippen LogP contribution in [0, 0.1) is 0 Å². The van der Waals surface area contributed by atoms with E-state index in [2.05, 4.69) is 50.0 Å². The van der Waals surface area contributed by atoms with Crippen molar-refractivity contribution in [1.82, 2.24) is 30.7 Å². The number of alkyl carbamates (subject to hydrolysis) is 2. The highest BCUT2D eigenvalue weighted by Gasteiger charge is 2.37. The van der Waals surface area contributed by atoms with Crippen LogP contribution < -0.4 is 20.9 Å². The maximum absolute atomic E-state index is 13.2. The van der Waals surface area contributed by atoms with Gasteiger partial charge in [-0.1, -0.05) is 12.1 Å². The van der Waals surface area contributed by atoms with Gasteiger partial charge in [0.15, 0.2) is 0 Å². The van der Waals surface area contributed by atoms with E-state index in [1.54, 1.807) is 50.5 Å². The molecule has 4 rings (SSSR count). The molecule has 14 nitrogen and oxygen atoms in total. The van der Waals surface area contributed by atoms with E-state index in [1.807, 2.05) is 33.9 Å². The first-order valence-electron chi connectivity index (χ1n) is 18.0. The van der Waals surface area contributed by atoms with Crippen LogP contribution in [0.3, 0.4) is 0 Å². The fourth-order valence-corrected chi connectivity index (χ4v) is 6.16. The van der Waals surface area contributed by atoms with Gasteiger partial charge >= 0.3 is 18.2 Å². The number of benzene rings is 1. The number of hydrogen-bond acceptors (Lipinski definition) is 9. The fourth-order valence-electron chi connectivity index (χ4n) is 6.16. The van der Waals surface area contributed by atoms with Crippen LogP contribution in [0.5, 0.6) is 0 Å². The van der Waals surface area contributed by atoms with Crippen molar-refractivity contribution in [2.45, 2.75) is 111 Å². The molecule has 0 aromatic heterocycles. The number of amides is 5. The number of urea groups is 1. The zero-order valence-electron chi connectivity index (χ0n) is 31.9. The third-order valence-electron chi connectivity index (χ3n) is 8.82. The molecule has 3 N–H and O–H groups in total. The molecule has 2 fully saturated rings. The van der Waals surface area contributed by atoms with Crippen molar-refractivity contribution >= 4 is 35.6 Å². The first kappa shape index (κ1) is 39.5. The van der Waals surface area contributed by atoms with E-state index in [9.17, 15) is 19.2 Å². The van der Waals surface area contributed by atoms with Crippen molar-refractivity contribution in [3.05, 3.63) is 42.1 Å². The topological polar surface area (TPSA) is 148 Å². The molecular weight excluding hydrogens is 652 g/mol. The predicted molar refractivity (Wildman–Crippen MR) is 198 cm³/mol. The van der Waals surface area contributed by atoms with Crippen molar-refractivity contribution in [3.63, 3.8) is 0 Å². The fraction of sp³-hybridized carbons (Fsp3) is 0.649. The van der Waals surface area contributed by atoms with Crippen molar-refractivity contribution in [3.8, 4) is 0 Å². The van der Waals surface area contributed by atoms with Crippen LogP contribution in [0.4, 0.5) is 20.1 Å². The number of nitrogens with zero attached hydrogens (tertiary/aromatic N) is 5. The maximum Gasteiger partial charge on any atom is 0.408 e. The molecular formula is C37H58N8O6. The minimum absolute atomic E-state index is 0.148. The van der Waals surface area contributed by atoms with Gasteiger partial charge in [-0.15, -0.1) is 0 Å². The summed E-state index contributed by atoms with van der Waals surface area (Å²) in [6.45, 7) is 20.4. The Morgan fingerprint density at radius 2 is 1.37 bits per heavy atom. The molecule has 3 aliphatic rings. The van der Waals surface area contributed by atoms with Gasteiger partial charge in [0.25, 0.3) is 0 Å². The van der Waals surface area contributed by atoms with Crippen LogP contribution >= 0.6 is 0 Å². The van der Waals surface area contributed by atoms with Gasteiger partial charge in [0.05, 0.1) is 0 Å². The first-order valence-corrected chi connectivity index (χ1v) is 18.0. The van der Waals surface area contributed by atoms with Gasteiger partial charge in [-0.05, 0) is 105 Å². The summed E-state index contributed by atoms with van der Waals surface area (Å²) in [7, 11) is 0. The van der Waals surface area contributed by atoms with Crippen LogP contribution in [0.2, 0.25) is 0 Å². The molecule has 0 saturated carbocycles. The van der Waals surface area contributed by atoms with Gasteiger partial charge in [-0.2, -0.15) is 0 Å². The lowest BCUT2D eigenvalue weighted by atomic mass is 10.0. The van der Waals surface area contributed by atoms with Gasteiger partial charge in [-0.3, -0.25) is 10.1 Å². The quantitative estimate of drug-likeness (QED) is 0.376. The van der Waals surface area contributed by atoms with Gasteiger partial charge < -0.3 is 39.7 Å². The zero-order valence-corrected chi connectivity index (χ0v) is 31.9. The summed E-state index contributed by atoms with van der Waals surface area (Å²) in [6, 6.07) is 8.36. The van der Waals surface area contributed by atoms with E-state index < -0.39 is 22.8 Å². The van der Waals surface area contributed by atoms with E-state index in [1.165, 1.54) is 5.56 Å². The third-order valence-corrected chi connectivity index (χ3v) is 8.82. The van der Waals surface area contributed by atoms with E-state index in [0.29, 0.717) is 32.0 Å². The summed E-state index contributed by atoms with van der Waals surface area (Å²) in [5.41, 5.74) is -0.0597. The number of carbonyl (C=O) groups is 4. The normalized spacial score (nSPS) is 19.3. The Labute approximate surface area is 302 Å². The molecule has 282 valence electrons. The molecule has 2 saturated heterocycles. The van der Waals surface area contributed by atoms with Gasteiger partial charge in [0.1, 0.15) is 28.7 Å². The lowest BCUT2D eigenvalue weighted by molar-refractivity contribution is -0.138. The minimum Gasteiger partial charge on any atom is -0.444 e. The molecule has 0 aliphatic carbocycles. The van der Waals surface area contributed by atoms with Crippen LogP contribution in [-0.4, -0.2) is 119 Å². The highest BCUT2D eigenvalue weighted by molar-refractivity contribution is 6.04. The molecule has 14 heteroatoms. The number of aliphatic imine (C=N–C) groups is 1. The van der Waals surface area contributed by atoms with E-state index >= 15 is 0 Å². The predicted octanol–water partition coefficient (Wildman–Crippen LogP) is 4.45. The molecule has 51 heavy (non-hydrogen) atoms. The number of anilines is 1. The molecule has 0 spiro atoms. The van der Waals surface area contributed by atoms with Gasteiger partial charge in [-0.25, -0.2) is 19.4 Å². The minimum atomic E-state index is -1.15. The second kappa shape index (κ2) is 16.3. The molecule has 1 unspecified atom stereocenters. The third kappa shape index (κ3) is 12.1. The SMILES string of the molecule is CC1N=C(NC(=O)N2CCN(C(=O)C(C)(C)NC(=O)OC(C)(C)C)CC2)C=CN1c1ccc(CCN2CCC(NC(=O)OC(C)(C)C)CC2)cc1. The number of hydrogen-bond donors (Lipinski definition) is 3. The highest BCUT2D eigenvalue weighted by atomic mass is 16.6. The number of likely N-dealkylation sites (tertiary alicyclic amines) is 1. The molecule has 3 aliphatic heterocycles. The van der Waals surface area contributed by atoms with E-state index in [0.717, 1.165) is 44.6 Å². The zero-order chi connectivity index (χ0) is 37.6. The largest absolute Gasteiger partial charge is 0.444 e. The van der Waals surface area contributed by atoms with Crippen LogP contribution in [0.1, 0.15) is 80.7 Å². The second-order valence-corrected chi connectivity index (χ2v) is 16.0. The monoisotopic (exact) mass is 710 g/mol. The van der Waals surface area contributed by atoms with Crippen LogP contribution in [0.15, 0.2) is 41.5 Å². The summed E-state index contributed by atoms with van der Waals surface area (Å²) in [4.78, 5) is 63.1. The molecule has 1 aromatic carbocycles. The smallest absolute Gasteiger partial charge is 0.408 e. The molecule has 5 amide bonds. The van der Waals surface area contributed by atoms with Crippen LogP contribution in [-0.2, 0) is 20.7 Å². The molecule has 0 bridgehead atoms. The summed E-state index contributed by atoms with van der Waals surface area (Å²) in [5.74, 6) is 0.243. The Kier molecular flexibility index (Phi) is 12.6. The maximum atomic E-state index is 13.2. The second-order valence-electron chi connectivity index (χ2n) is 16.0. The molecule has 3 heterocycles. The van der Waals surface area contributed by atoms with Crippen LogP contribution in [0.25, 0.3) is 0 Å². The highest BCUT2D eigenvalue weighted by Crippen LogP contribution is 2.22. The van der Waals surface area contributed by atoms with Gasteiger partial charge in [0, 0.05) is 63.7 Å². The lowest BCUT2D eigenvalue weighted by Crippen LogP contribution is -2.61. The Morgan fingerprint density at radius 3 is 1.94 bits per heavy atom. The number of piperazine rings is 1. The number of amidine groups is 1. The van der Waals surface area contributed by atoms with Crippen molar-refractivity contribution in [2.75, 3.05) is 50.7 Å². The van der Waals surface area contributed by atoms with Crippen molar-refractivity contribution < 1.29 is 28.7 Å². The van der Waals surface area contributed by atoms with E-state index in [4.69, 9.17) is 14.5 Å². The molecule has 1 aromatic rings. The Bertz CT molecular complexity index is 1450. The average Bonchev–Trinajstić information content (AvgIpc) is 3.02. The summed E-state index contributed by atoms with van der Waals surface area (Å²) in [6.07, 6.45) is 5.25. The molecule has 1 atom stereocenters.